The Labute approximate surface area is 210 Å². The van der Waals surface area contributed by atoms with Crippen LogP contribution in [0.3, 0.4) is 0 Å². The molecule has 6 rings (SSSR count). The van der Waals surface area contributed by atoms with Gasteiger partial charge in [0.2, 0.25) is 11.8 Å². The number of hydrogen-bond donors (Lipinski definition) is 0. The van der Waals surface area contributed by atoms with Crippen LogP contribution >= 0.6 is 0 Å². The Morgan fingerprint density at radius 2 is 1.22 bits per heavy atom. The van der Waals surface area contributed by atoms with E-state index in [0.29, 0.717) is 11.8 Å². The minimum absolute atomic E-state index is 0.126. The van der Waals surface area contributed by atoms with Gasteiger partial charge in [0.15, 0.2) is 0 Å². The Balaban J connectivity index is 1.28. The number of benzene rings is 4. The van der Waals surface area contributed by atoms with Crippen molar-refractivity contribution in [1.82, 2.24) is 10.2 Å². The predicted molar refractivity (Wildman–Crippen MR) is 144 cm³/mol. The third kappa shape index (κ3) is 4.59. The molecule has 5 heteroatoms. The van der Waals surface area contributed by atoms with Crippen LogP contribution in [0.25, 0.3) is 29.0 Å². The second-order valence-electron chi connectivity index (χ2n) is 8.64. The van der Waals surface area contributed by atoms with E-state index in [9.17, 15) is 0 Å². The first-order valence-corrected chi connectivity index (χ1v) is 12.0. The number of hydrogen-bond acceptors (Lipinski definition) is 5. The lowest BCUT2D eigenvalue weighted by atomic mass is 10.0. The van der Waals surface area contributed by atoms with Gasteiger partial charge in [-0.2, -0.15) is 5.10 Å². The maximum atomic E-state index is 5.93. The number of nitrogens with zero attached hydrogens (tertiary/aromatic N) is 4. The number of anilines is 1. The fourth-order valence-electron chi connectivity index (χ4n) is 4.36. The summed E-state index contributed by atoms with van der Waals surface area (Å²) in [6.45, 7) is 0. The van der Waals surface area contributed by atoms with Gasteiger partial charge in [0.25, 0.3) is 0 Å². The first-order chi connectivity index (χ1) is 17.8. The summed E-state index contributed by atoms with van der Waals surface area (Å²) in [4.78, 5) is 0. The fraction of sp³-hybridized carbons (Fsp3) is 0.0645. The molecule has 1 aliphatic heterocycles. The Kier molecular flexibility index (Phi) is 5.94. The molecule has 0 fully saturated rings. The van der Waals surface area contributed by atoms with Gasteiger partial charge in [0.1, 0.15) is 0 Å². The summed E-state index contributed by atoms with van der Waals surface area (Å²) >= 11 is 0. The monoisotopic (exact) mass is 468 g/mol. The van der Waals surface area contributed by atoms with E-state index in [1.807, 2.05) is 66.7 Å². The number of hydrazone groups is 1. The lowest BCUT2D eigenvalue weighted by molar-refractivity contribution is 0.584. The van der Waals surface area contributed by atoms with Crippen molar-refractivity contribution in [2.75, 3.05) is 5.01 Å². The lowest BCUT2D eigenvalue weighted by Gasteiger charge is -2.24. The first-order valence-electron chi connectivity index (χ1n) is 12.0. The highest BCUT2D eigenvalue weighted by atomic mass is 16.4. The maximum absolute atomic E-state index is 5.93. The molecule has 0 spiro atoms. The highest BCUT2D eigenvalue weighted by Gasteiger charge is 2.28. The molecule has 1 atom stereocenters. The van der Waals surface area contributed by atoms with E-state index in [2.05, 4.69) is 75.9 Å². The number of aromatic nitrogens is 2. The van der Waals surface area contributed by atoms with Crippen molar-refractivity contribution >= 4 is 17.5 Å². The molecular formula is C31H24N4O. The summed E-state index contributed by atoms with van der Waals surface area (Å²) < 4.78 is 5.93. The predicted octanol–water partition coefficient (Wildman–Crippen LogP) is 7.42. The summed E-state index contributed by atoms with van der Waals surface area (Å²) in [5, 5.41) is 15.6. The molecule has 5 nitrogen and oxygen atoms in total. The van der Waals surface area contributed by atoms with E-state index in [4.69, 9.17) is 9.52 Å². The van der Waals surface area contributed by atoms with Crippen molar-refractivity contribution in [3.63, 3.8) is 0 Å². The zero-order chi connectivity index (χ0) is 24.2. The summed E-state index contributed by atoms with van der Waals surface area (Å²) in [5.41, 5.74) is 6.23. The average molecular weight is 469 g/mol. The zero-order valence-electron chi connectivity index (χ0n) is 19.6. The molecule has 174 valence electrons. The van der Waals surface area contributed by atoms with Crippen LogP contribution in [0.15, 0.2) is 131 Å². The molecule has 36 heavy (non-hydrogen) atoms. The van der Waals surface area contributed by atoms with Crippen LogP contribution in [-0.2, 0) is 0 Å². The smallest absolute Gasteiger partial charge is 0.248 e. The average Bonchev–Trinajstić information content (AvgIpc) is 3.62. The van der Waals surface area contributed by atoms with Gasteiger partial charge in [-0.3, -0.25) is 5.01 Å². The molecule has 5 aromatic rings. The second-order valence-corrected chi connectivity index (χ2v) is 8.64. The molecule has 1 aromatic heterocycles. The molecule has 0 saturated heterocycles. The normalized spacial score (nSPS) is 15.4. The summed E-state index contributed by atoms with van der Waals surface area (Å²) in [6.07, 6.45) is 5.07. The molecule has 0 amide bonds. The van der Waals surface area contributed by atoms with Gasteiger partial charge < -0.3 is 4.42 Å². The number of allylic oxidation sites excluding steroid dienone is 1. The quantitative estimate of drug-likeness (QED) is 0.260. The van der Waals surface area contributed by atoms with Crippen LogP contribution < -0.4 is 5.01 Å². The molecule has 0 N–H and O–H groups in total. The fourth-order valence-corrected chi connectivity index (χ4v) is 4.36. The molecule has 1 aliphatic rings. The molecule has 0 unspecified atom stereocenters. The third-order valence-corrected chi connectivity index (χ3v) is 6.21. The summed E-state index contributed by atoms with van der Waals surface area (Å²) in [7, 11) is 0. The SMILES string of the molecule is C(=C\c1ccccc1)/C1=NN(c2ccc(-c3nnc(-c4ccccc4)o3)cc2)[C@H](c2ccccc2)C1. The van der Waals surface area contributed by atoms with Gasteiger partial charge in [0.05, 0.1) is 17.4 Å². The maximum Gasteiger partial charge on any atom is 0.248 e. The van der Waals surface area contributed by atoms with Crippen molar-refractivity contribution in [2.45, 2.75) is 12.5 Å². The Morgan fingerprint density at radius 1 is 0.639 bits per heavy atom. The van der Waals surface area contributed by atoms with Crippen molar-refractivity contribution in [3.8, 4) is 22.9 Å². The van der Waals surface area contributed by atoms with Gasteiger partial charge in [-0.1, -0.05) is 84.9 Å². The van der Waals surface area contributed by atoms with Gasteiger partial charge in [-0.05, 0) is 53.6 Å². The first kappa shape index (κ1) is 21.7. The van der Waals surface area contributed by atoms with Crippen molar-refractivity contribution in [3.05, 3.63) is 132 Å². The van der Waals surface area contributed by atoms with Crippen LogP contribution in [0.2, 0.25) is 0 Å². The van der Waals surface area contributed by atoms with Crippen molar-refractivity contribution in [2.24, 2.45) is 5.10 Å². The van der Waals surface area contributed by atoms with Crippen LogP contribution in [0.4, 0.5) is 5.69 Å². The standard InChI is InChI=1S/C31H24N4O/c1-4-10-23(11-5-1)16-19-27-22-29(24-12-6-2-7-13-24)35(34-27)28-20-17-26(18-21-28)31-33-32-30(36-31)25-14-8-3-9-15-25/h1-21,29H,22H2/b19-16+/t29-/m0/s1. The van der Waals surface area contributed by atoms with Gasteiger partial charge >= 0.3 is 0 Å². The largest absolute Gasteiger partial charge is 0.416 e. The molecule has 2 heterocycles. The van der Waals surface area contributed by atoms with E-state index < -0.39 is 0 Å². The Morgan fingerprint density at radius 3 is 1.89 bits per heavy atom. The molecule has 4 aromatic carbocycles. The van der Waals surface area contributed by atoms with E-state index in [0.717, 1.165) is 34.5 Å². The summed E-state index contributed by atoms with van der Waals surface area (Å²) in [6, 6.07) is 38.9. The van der Waals surface area contributed by atoms with Gasteiger partial charge in [-0.15, -0.1) is 10.2 Å². The molecule has 0 radical (unpaired) electrons. The summed E-state index contributed by atoms with van der Waals surface area (Å²) in [5.74, 6) is 1.01. The molecule has 0 aliphatic carbocycles. The van der Waals surface area contributed by atoms with Gasteiger partial charge in [-0.25, -0.2) is 0 Å². The van der Waals surface area contributed by atoms with E-state index in [-0.39, 0.29) is 6.04 Å². The van der Waals surface area contributed by atoms with Gasteiger partial charge in [0, 0.05) is 17.5 Å². The highest BCUT2D eigenvalue weighted by molar-refractivity contribution is 6.01. The van der Waals surface area contributed by atoms with Crippen molar-refractivity contribution < 1.29 is 4.42 Å². The minimum Gasteiger partial charge on any atom is -0.416 e. The van der Waals surface area contributed by atoms with Crippen LogP contribution in [0, 0.1) is 0 Å². The van der Waals surface area contributed by atoms with E-state index >= 15 is 0 Å². The Bertz CT molecular complexity index is 1490. The van der Waals surface area contributed by atoms with E-state index in [1.165, 1.54) is 5.56 Å². The molecule has 0 bridgehead atoms. The second kappa shape index (κ2) is 9.84. The molecular weight excluding hydrogens is 444 g/mol. The van der Waals surface area contributed by atoms with Crippen LogP contribution in [0.1, 0.15) is 23.6 Å². The molecule has 0 saturated carbocycles. The topological polar surface area (TPSA) is 54.5 Å². The van der Waals surface area contributed by atoms with Crippen LogP contribution in [0.5, 0.6) is 0 Å². The minimum atomic E-state index is 0.126. The van der Waals surface area contributed by atoms with Crippen molar-refractivity contribution in [1.29, 1.82) is 0 Å². The Hall–Kier alpha value is -4.77. The number of rotatable bonds is 6. The highest BCUT2D eigenvalue weighted by Crippen LogP contribution is 2.36. The zero-order valence-corrected chi connectivity index (χ0v) is 19.6. The van der Waals surface area contributed by atoms with E-state index in [1.54, 1.807) is 0 Å². The van der Waals surface area contributed by atoms with Crippen LogP contribution in [-0.4, -0.2) is 15.9 Å². The lowest BCUT2D eigenvalue weighted by Crippen LogP contribution is -2.18. The third-order valence-electron chi connectivity index (χ3n) is 6.21.